The maximum absolute atomic E-state index is 13.4. The van der Waals surface area contributed by atoms with Crippen LogP contribution in [0.3, 0.4) is 0 Å². The van der Waals surface area contributed by atoms with Crippen molar-refractivity contribution in [1.29, 1.82) is 0 Å². The first-order valence-electron chi connectivity index (χ1n) is 6.52. The highest BCUT2D eigenvalue weighted by atomic mass is 32.2. The molecule has 2 rings (SSSR count). The quantitative estimate of drug-likeness (QED) is 0.671. The Morgan fingerprint density at radius 3 is 2.57 bits per heavy atom. The first-order chi connectivity index (χ1) is 10.2. The maximum Gasteiger partial charge on any atom is 0.244 e. The number of benzene rings is 2. The van der Waals surface area contributed by atoms with Crippen LogP contribution in [-0.2, 0) is 11.3 Å². The molecule has 0 bridgehead atoms. The molecule has 4 heteroatoms. The molecule has 0 radical (unpaired) electrons. The fourth-order valence-electron chi connectivity index (χ4n) is 1.77. The molecule has 2 aromatic rings. The molecular weight excluding hydrogens is 285 g/mol. The summed E-state index contributed by atoms with van der Waals surface area (Å²) in [6.45, 7) is 0.182. The van der Waals surface area contributed by atoms with E-state index in [1.165, 1.54) is 17.0 Å². The highest BCUT2D eigenvalue weighted by molar-refractivity contribution is 7.98. The van der Waals surface area contributed by atoms with E-state index in [-0.39, 0.29) is 18.3 Å². The average molecular weight is 301 g/mol. The number of carbonyl (C=O) groups excluding carboxylic acids is 1. The molecule has 0 aliphatic heterocycles. The molecule has 1 N–H and O–H groups in total. The van der Waals surface area contributed by atoms with Crippen molar-refractivity contribution in [1.82, 2.24) is 5.32 Å². The maximum atomic E-state index is 13.4. The fraction of sp³-hybridized carbons (Fsp3) is 0.118. The number of rotatable bonds is 5. The van der Waals surface area contributed by atoms with Gasteiger partial charge >= 0.3 is 0 Å². The monoisotopic (exact) mass is 301 g/mol. The minimum Gasteiger partial charge on any atom is -0.348 e. The summed E-state index contributed by atoms with van der Waals surface area (Å²) < 4.78 is 13.4. The number of amides is 1. The minimum atomic E-state index is -0.311. The van der Waals surface area contributed by atoms with Gasteiger partial charge in [-0.1, -0.05) is 30.3 Å². The molecule has 21 heavy (non-hydrogen) atoms. The molecule has 0 aromatic heterocycles. The Bertz CT molecular complexity index is 637. The molecule has 2 aromatic carbocycles. The van der Waals surface area contributed by atoms with Gasteiger partial charge in [0.2, 0.25) is 5.91 Å². The average Bonchev–Trinajstić information content (AvgIpc) is 2.52. The van der Waals surface area contributed by atoms with Crippen LogP contribution in [0, 0.1) is 5.82 Å². The van der Waals surface area contributed by atoms with Gasteiger partial charge in [-0.05, 0) is 36.1 Å². The third kappa shape index (κ3) is 4.76. The molecular formula is C17H16FNOS. The van der Waals surface area contributed by atoms with Crippen LogP contribution in [0.2, 0.25) is 0 Å². The van der Waals surface area contributed by atoms with Gasteiger partial charge in [-0.2, -0.15) is 0 Å². The molecule has 0 unspecified atom stereocenters. The second-order valence-corrected chi connectivity index (χ2v) is 5.30. The Balaban J connectivity index is 1.89. The number of nitrogens with one attached hydrogen (secondary N) is 1. The molecule has 1 amide bonds. The molecule has 108 valence electrons. The number of thioether (sulfide) groups is 1. The molecule has 0 saturated carbocycles. The van der Waals surface area contributed by atoms with E-state index in [0.29, 0.717) is 5.56 Å². The second-order valence-electron chi connectivity index (χ2n) is 4.42. The summed E-state index contributed by atoms with van der Waals surface area (Å²) in [7, 11) is 0. The molecule has 2 nitrogen and oxygen atoms in total. The zero-order valence-electron chi connectivity index (χ0n) is 11.7. The Morgan fingerprint density at radius 2 is 1.90 bits per heavy atom. The van der Waals surface area contributed by atoms with Gasteiger partial charge in [0.1, 0.15) is 5.82 Å². The van der Waals surface area contributed by atoms with Gasteiger partial charge in [-0.25, -0.2) is 4.39 Å². The van der Waals surface area contributed by atoms with Crippen molar-refractivity contribution < 1.29 is 9.18 Å². The van der Waals surface area contributed by atoms with E-state index in [1.807, 2.05) is 30.5 Å². The SMILES string of the molecule is CSc1ccc(/C=C/C(=O)NCc2ccccc2F)cc1. The summed E-state index contributed by atoms with van der Waals surface area (Å²) in [5.41, 5.74) is 1.43. The molecule has 0 spiro atoms. The highest BCUT2D eigenvalue weighted by Crippen LogP contribution is 2.15. The van der Waals surface area contributed by atoms with Gasteiger partial charge < -0.3 is 5.32 Å². The van der Waals surface area contributed by atoms with E-state index in [4.69, 9.17) is 0 Å². The van der Waals surface area contributed by atoms with E-state index in [0.717, 1.165) is 5.56 Å². The summed E-state index contributed by atoms with van der Waals surface area (Å²) in [6, 6.07) is 14.3. The van der Waals surface area contributed by atoms with Crippen molar-refractivity contribution in [2.45, 2.75) is 11.4 Å². The molecule has 0 saturated heterocycles. The zero-order valence-corrected chi connectivity index (χ0v) is 12.5. The van der Waals surface area contributed by atoms with Gasteiger partial charge in [0, 0.05) is 23.1 Å². The van der Waals surface area contributed by atoms with E-state index in [1.54, 1.807) is 36.0 Å². The molecule has 0 aliphatic rings. The second kappa shape index (κ2) is 7.64. The van der Waals surface area contributed by atoms with Gasteiger partial charge in [0.05, 0.1) is 0 Å². The van der Waals surface area contributed by atoms with E-state index in [2.05, 4.69) is 5.32 Å². The van der Waals surface area contributed by atoms with Gasteiger partial charge in [0.15, 0.2) is 0 Å². The molecule has 0 atom stereocenters. The van der Waals surface area contributed by atoms with E-state index in [9.17, 15) is 9.18 Å². The lowest BCUT2D eigenvalue weighted by molar-refractivity contribution is -0.116. The van der Waals surface area contributed by atoms with Crippen molar-refractivity contribution >= 4 is 23.7 Å². The van der Waals surface area contributed by atoms with Crippen LogP contribution in [0.4, 0.5) is 4.39 Å². The Labute approximate surface area is 128 Å². The summed E-state index contributed by atoms with van der Waals surface area (Å²) >= 11 is 1.67. The van der Waals surface area contributed by atoms with Crippen LogP contribution < -0.4 is 5.32 Å². The lowest BCUT2D eigenvalue weighted by atomic mass is 10.2. The predicted molar refractivity (Wildman–Crippen MR) is 85.5 cm³/mol. The van der Waals surface area contributed by atoms with Crippen LogP contribution >= 0.6 is 11.8 Å². The smallest absolute Gasteiger partial charge is 0.244 e. The molecule has 0 aliphatic carbocycles. The number of hydrogen-bond acceptors (Lipinski definition) is 2. The van der Waals surface area contributed by atoms with Crippen LogP contribution in [0.5, 0.6) is 0 Å². The minimum absolute atomic E-state index is 0.182. The van der Waals surface area contributed by atoms with Crippen molar-refractivity contribution in [3.63, 3.8) is 0 Å². The van der Waals surface area contributed by atoms with Gasteiger partial charge in [-0.3, -0.25) is 4.79 Å². The summed E-state index contributed by atoms with van der Waals surface area (Å²) in [4.78, 5) is 12.9. The van der Waals surface area contributed by atoms with Crippen molar-refractivity contribution in [2.24, 2.45) is 0 Å². The molecule has 0 fully saturated rings. The van der Waals surface area contributed by atoms with Crippen molar-refractivity contribution in [3.8, 4) is 0 Å². The first kappa shape index (κ1) is 15.3. The predicted octanol–water partition coefficient (Wildman–Crippen LogP) is 3.88. The third-order valence-electron chi connectivity index (χ3n) is 2.95. The lowest BCUT2D eigenvalue weighted by Gasteiger charge is -2.03. The Morgan fingerprint density at radius 1 is 1.19 bits per heavy atom. The van der Waals surface area contributed by atoms with Gasteiger partial charge in [0.25, 0.3) is 0 Å². The molecule has 0 heterocycles. The summed E-state index contributed by atoms with van der Waals surface area (Å²) in [5, 5.41) is 2.66. The summed E-state index contributed by atoms with van der Waals surface area (Å²) in [6.07, 6.45) is 5.21. The number of halogens is 1. The van der Waals surface area contributed by atoms with Crippen LogP contribution in [-0.4, -0.2) is 12.2 Å². The van der Waals surface area contributed by atoms with Crippen LogP contribution in [0.1, 0.15) is 11.1 Å². The van der Waals surface area contributed by atoms with Gasteiger partial charge in [-0.15, -0.1) is 11.8 Å². The van der Waals surface area contributed by atoms with Crippen LogP contribution in [0.25, 0.3) is 6.08 Å². The number of carbonyl (C=O) groups is 1. The first-order valence-corrected chi connectivity index (χ1v) is 7.75. The fourth-order valence-corrected chi connectivity index (χ4v) is 2.18. The lowest BCUT2D eigenvalue weighted by Crippen LogP contribution is -2.20. The van der Waals surface area contributed by atoms with E-state index >= 15 is 0 Å². The Kier molecular flexibility index (Phi) is 5.58. The zero-order chi connectivity index (χ0) is 15.1. The topological polar surface area (TPSA) is 29.1 Å². The van der Waals surface area contributed by atoms with E-state index < -0.39 is 0 Å². The normalized spacial score (nSPS) is 10.8. The van der Waals surface area contributed by atoms with Crippen molar-refractivity contribution in [3.05, 3.63) is 71.6 Å². The number of hydrogen-bond donors (Lipinski definition) is 1. The third-order valence-corrected chi connectivity index (χ3v) is 3.70. The highest BCUT2D eigenvalue weighted by Gasteiger charge is 2.01. The largest absolute Gasteiger partial charge is 0.348 e. The Hall–Kier alpha value is -2.07. The summed E-state index contributed by atoms with van der Waals surface area (Å²) in [5.74, 6) is -0.554. The standard InChI is InChI=1S/C17H16FNOS/c1-21-15-9-6-13(7-10-15)8-11-17(20)19-12-14-4-2-3-5-16(14)18/h2-11H,12H2,1H3,(H,19,20)/b11-8+. The van der Waals surface area contributed by atoms with Crippen molar-refractivity contribution in [2.75, 3.05) is 6.26 Å². The van der Waals surface area contributed by atoms with Crippen LogP contribution in [0.15, 0.2) is 59.5 Å².